The normalized spacial score (nSPS) is 19.4. The van der Waals surface area contributed by atoms with E-state index in [9.17, 15) is 9.50 Å². The van der Waals surface area contributed by atoms with Crippen molar-refractivity contribution in [2.45, 2.75) is 37.7 Å². The molecule has 0 atom stereocenters. The smallest absolute Gasteiger partial charge is 0.141 e. The molecule has 2 N–H and O–H groups in total. The fourth-order valence-electron chi connectivity index (χ4n) is 2.12. The molecule has 1 heterocycles. The Morgan fingerprint density at radius 1 is 1.31 bits per heavy atom. The van der Waals surface area contributed by atoms with Gasteiger partial charge in [0.15, 0.2) is 0 Å². The van der Waals surface area contributed by atoms with Gasteiger partial charge in [0.05, 0.1) is 11.8 Å². The molecule has 0 bridgehead atoms. The van der Waals surface area contributed by atoms with Gasteiger partial charge in [-0.15, -0.1) is 0 Å². The second kappa shape index (κ2) is 4.78. The molecule has 4 heteroatoms. The maximum Gasteiger partial charge on any atom is 0.141 e. The maximum atomic E-state index is 12.6. The molecule has 0 amide bonds. The zero-order chi connectivity index (χ0) is 11.4. The van der Waals surface area contributed by atoms with Gasteiger partial charge in [-0.05, 0) is 25.0 Å². The molecule has 16 heavy (non-hydrogen) atoms. The van der Waals surface area contributed by atoms with Crippen LogP contribution in [0.3, 0.4) is 0 Å². The van der Waals surface area contributed by atoms with Crippen LogP contribution in [-0.4, -0.2) is 22.2 Å². The zero-order valence-electron chi connectivity index (χ0n) is 9.25. The number of pyridine rings is 1. The molecule has 3 nitrogen and oxygen atoms in total. The minimum Gasteiger partial charge on any atom is -0.388 e. The number of nitrogens with one attached hydrogen (secondary N) is 1. The summed E-state index contributed by atoms with van der Waals surface area (Å²) in [6.07, 6.45) is 6.21. The van der Waals surface area contributed by atoms with Gasteiger partial charge >= 0.3 is 0 Å². The highest BCUT2D eigenvalue weighted by atomic mass is 19.1. The molecule has 0 unspecified atom stereocenters. The van der Waals surface area contributed by atoms with Crippen molar-refractivity contribution in [3.63, 3.8) is 0 Å². The van der Waals surface area contributed by atoms with Gasteiger partial charge in [-0.3, -0.25) is 0 Å². The van der Waals surface area contributed by atoms with Crippen molar-refractivity contribution >= 4 is 5.82 Å². The van der Waals surface area contributed by atoms with Crippen molar-refractivity contribution in [1.29, 1.82) is 0 Å². The van der Waals surface area contributed by atoms with Crippen LogP contribution in [0, 0.1) is 5.82 Å². The van der Waals surface area contributed by atoms with E-state index in [1.807, 2.05) is 0 Å². The van der Waals surface area contributed by atoms with Crippen LogP contribution in [-0.2, 0) is 0 Å². The number of rotatable bonds is 3. The van der Waals surface area contributed by atoms with Crippen LogP contribution in [0.1, 0.15) is 32.1 Å². The van der Waals surface area contributed by atoms with E-state index in [0.29, 0.717) is 12.4 Å². The SMILES string of the molecule is OC1(CNc2ccc(F)cn2)CCCCC1. The van der Waals surface area contributed by atoms with Crippen LogP contribution in [0.25, 0.3) is 0 Å². The molecule has 0 aromatic carbocycles. The molecule has 0 radical (unpaired) electrons. The predicted octanol–water partition coefficient (Wildman–Crippen LogP) is 2.33. The maximum absolute atomic E-state index is 12.6. The lowest BCUT2D eigenvalue weighted by Gasteiger charge is -2.32. The number of anilines is 1. The minimum atomic E-state index is -0.617. The van der Waals surface area contributed by atoms with Crippen molar-refractivity contribution in [2.75, 3.05) is 11.9 Å². The molecule has 1 aromatic rings. The van der Waals surface area contributed by atoms with E-state index in [0.717, 1.165) is 25.7 Å². The van der Waals surface area contributed by atoms with Crippen LogP contribution in [0.2, 0.25) is 0 Å². The number of hydrogen-bond donors (Lipinski definition) is 2. The van der Waals surface area contributed by atoms with Gasteiger partial charge in [-0.1, -0.05) is 19.3 Å². The van der Waals surface area contributed by atoms with Crippen LogP contribution in [0.5, 0.6) is 0 Å². The molecule has 1 aromatic heterocycles. The average molecular weight is 224 g/mol. The fourth-order valence-corrected chi connectivity index (χ4v) is 2.12. The van der Waals surface area contributed by atoms with Crippen molar-refractivity contribution in [2.24, 2.45) is 0 Å². The first-order valence-electron chi connectivity index (χ1n) is 5.76. The highest BCUT2D eigenvalue weighted by Gasteiger charge is 2.28. The Kier molecular flexibility index (Phi) is 3.39. The van der Waals surface area contributed by atoms with Gasteiger partial charge in [-0.2, -0.15) is 0 Å². The summed E-state index contributed by atoms with van der Waals surface area (Å²) in [4.78, 5) is 3.90. The third kappa shape index (κ3) is 2.92. The molecular weight excluding hydrogens is 207 g/mol. The van der Waals surface area contributed by atoms with E-state index in [1.54, 1.807) is 6.07 Å². The van der Waals surface area contributed by atoms with Gasteiger partial charge < -0.3 is 10.4 Å². The number of hydrogen-bond acceptors (Lipinski definition) is 3. The van der Waals surface area contributed by atoms with Gasteiger partial charge in [0.25, 0.3) is 0 Å². The third-order valence-corrected chi connectivity index (χ3v) is 3.11. The fraction of sp³-hybridized carbons (Fsp3) is 0.583. The third-order valence-electron chi connectivity index (χ3n) is 3.11. The Morgan fingerprint density at radius 3 is 2.69 bits per heavy atom. The summed E-state index contributed by atoms with van der Waals surface area (Å²) in [5.74, 6) is 0.266. The number of aliphatic hydroxyl groups is 1. The molecule has 0 saturated heterocycles. The lowest BCUT2D eigenvalue weighted by Crippen LogP contribution is -2.38. The molecule has 2 rings (SSSR count). The first-order chi connectivity index (χ1) is 7.68. The molecule has 1 saturated carbocycles. The van der Waals surface area contributed by atoms with Crippen molar-refractivity contribution < 1.29 is 9.50 Å². The van der Waals surface area contributed by atoms with Gasteiger partial charge in [-0.25, -0.2) is 9.37 Å². The Morgan fingerprint density at radius 2 is 2.06 bits per heavy atom. The average Bonchev–Trinajstić information content (AvgIpc) is 2.29. The molecule has 88 valence electrons. The quantitative estimate of drug-likeness (QED) is 0.828. The summed E-state index contributed by atoms with van der Waals surface area (Å²) in [5.41, 5.74) is -0.617. The van der Waals surface area contributed by atoms with E-state index >= 15 is 0 Å². The molecular formula is C12H17FN2O. The standard InChI is InChI=1S/C12H17FN2O/c13-10-4-5-11(14-8-10)15-9-12(16)6-2-1-3-7-12/h4-5,8,16H,1-3,6-7,9H2,(H,14,15). The summed E-state index contributed by atoms with van der Waals surface area (Å²) in [6, 6.07) is 2.95. The van der Waals surface area contributed by atoms with E-state index in [-0.39, 0.29) is 5.82 Å². The minimum absolute atomic E-state index is 0.345. The molecule has 1 aliphatic carbocycles. The van der Waals surface area contributed by atoms with E-state index in [2.05, 4.69) is 10.3 Å². The van der Waals surface area contributed by atoms with E-state index in [4.69, 9.17) is 0 Å². The number of nitrogens with zero attached hydrogens (tertiary/aromatic N) is 1. The van der Waals surface area contributed by atoms with Crippen molar-refractivity contribution in [3.05, 3.63) is 24.1 Å². The van der Waals surface area contributed by atoms with Crippen LogP contribution >= 0.6 is 0 Å². The van der Waals surface area contributed by atoms with Crippen LogP contribution < -0.4 is 5.32 Å². The van der Waals surface area contributed by atoms with Gasteiger partial charge in [0, 0.05) is 6.54 Å². The van der Waals surface area contributed by atoms with Gasteiger partial charge in [0.2, 0.25) is 0 Å². The second-order valence-electron chi connectivity index (χ2n) is 4.50. The topological polar surface area (TPSA) is 45.1 Å². The van der Waals surface area contributed by atoms with Crippen molar-refractivity contribution in [3.8, 4) is 0 Å². The lowest BCUT2D eigenvalue weighted by molar-refractivity contribution is 0.0166. The Bertz CT molecular complexity index is 333. The summed E-state index contributed by atoms with van der Waals surface area (Å²) >= 11 is 0. The number of aromatic nitrogens is 1. The zero-order valence-corrected chi connectivity index (χ0v) is 9.25. The van der Waals surface area contributed by atoms with Crippen molar-refractivity contribution in [1.82, 2.24) is 4.98 Å². The summed E-state index contributed by atoms with van der Waals surface area (Å²) in [7, 11) is 0. The summed E-state index contributed by atoms with van der Waals surface area (Å²) in [6.45, 7) is 0.492. The van der Waals surface area contributed by atoms with E-state index in [1.165, 1.54) is 18.7 Å². The molecule has 0 aliphatic heterocycles. The van der Waals surface area contributed by atoms with Crippen LogP contribution in [0.15, 0.2) is 18.3 Å². The largest absolute Gasteiger partial charge is 0.388 e. The van der Waals surface area contributed by atoms with E-state index < -0.39 is 5.60 Å². The highest BCUT2D eigenvalue weighted by molar-refractivity contribution is 5.34. The molecule has 1 aliphatic rings. The Labute approximate surface area is 94.7 Å². The lowest BCUT2D eigenvalue weighted by atomic mass is 9.85. The van der Waals surface area contributed by atoms with Gasteiger partial charge in [0.1, 0.15) is 11.6 Å². The molecule has 0 spiro atoms. The number of halogens is 1. The molecule has 1 fully saturated rings. The first-order valence-corrected chi connectivity index (χ1v) is 5.76. The summed E-state index contributed by atoms with van der Waals surface area (Å²) in [5, 5.41) is 13.3. The Hall–Kier alpha value is -1.16. The monoisotopic (exact) mass is 224 g/mol. The second-order valence-corrected chi connectivity index (χ2v) is 4.50. The highest BCUT2D eigenvalue weighted by Crippen LogP contribution is 2.28. The Balaban J connectivity index is 1.88. The van der Waals surface area contributed by atoms with Crippen LogP contribution in [0.4, 0.5) is 10.2 Å². The first kappa shape index (κ1) is 11.3. The summed E-state index contributed by atoms with van der Waals surface area (Å²) < 4.78 is 12.6. The predicted molar refractivity (Wildman–Crippen MR) is 60.7 cm³/mol.